The molecule has 2 N–H and O–H groups in total. The maximum absolute atomic E-state index is 13.2. The van der Waals surface area contributed by atoms with Gasteiger partial charge in [0.15, 0.2) is 0 Å². The zero-order valence-corrected chi connectivity index (χ0v) is 19.5. The van der Waals surface area contributed by atoms with Crippen LogP contribution in [0, 0.1) is 0 Å². The van der Waals surface area contributed by atoms with E-state index in [-0.39, 0.29) is 0 Å². The number of nitrogens with two attached hydrogens (primary N) is 1. The fourth-order valence-electron chi connectivity index (χ4n) is 3.46. The Kier molecular flexibility index (Phi) is 5.63. The van der Waals surface area contributed by atoms with Gasteiger partial charge in [0.05, 0.1) is 32.8 Å². The van der Waals surface area contributed by atoms with Crippen LogP contribution in [0.5, 0.6) is 0 Å². The number of rotatable bonds is 5. The lowest BCUT2D eigenvalue weighted by atomic mass is 10.0. The third kappa shape index (κ3) is 4.04. The number of halogens is 1. The minimum atomic E-state index is -1.28. The van der Waals surface area contributed by atoms with E-state index < -0.39 is 10.8 Å². The van der Waals surface area contributed by atoms with Crippen molar-refractivity contribution in [2.24, 2.45) is 0 Å². The highest BCUT2D eigenvalue weighted by Crippen LogP contribution is 2.43. The van der Waals surface area contributed by atoms with Crippen LogP contribution in [-0.2, 0) is 16.6 Å². The summed E-state index contributed by atoms with van der Waals surface area (Å²) in [5, 5.41) is 3.57. The largest absolute Gasteiger partial charge is 0.396 e. The van der Waals surface area contributed by atoms with Gasteiger partial charge in [-0.1, -0.05) is 60.1 Å². The smallest absolute Gasteiger partial charge is 0.127 e. The van der Waals surface area contributed by atoms with Crippen molar-refractivity contribution in [3.8, 4) is 21.7 Å². The van der Waals surface area contributed by atoms with Crippen molar-refractivity contribution in [2.45, 2.75) is 9.96 Å². The van der Waals surface area contributed by atoms with E-state index in [1.807, 2.05) is 53.9 Å². The normalized spacial score (nSPS) is 12.3. The van der Waals surface area contributed by atoms with Crippen molar-refractivity contribution < 1.29 is 4.21 Å². The number of hydrogen-bond donors (Lipinski definition) is 1. The highest BCUT2D eigenvalue weighted by Gasteiger charge is 2.21. The molecule has 0 spiro atoms. The summed E-state index contributed by atoms with van der Waals surface area (Å²) in [5.41, 5.74) is 11.1. The van der Waals surface area contributed by atoms with Crippen molar-refractivity contribution in [1.29, 1.82) is 0 Å². The molecule has 31 heavy (non-hydrogen) atoms. The first-order valence-corrected chi connectivity index (χ1v) is 12.9. The third-order valence-electron chi connectivity index (χ3n) is 4.94. The average Bonchev–Trinajstić information content (AvgIpc) is 3.44. The van der Waals surface area contributed by atoms with E-state index in [1.165, 1.54) is 11.3 Å². The molecule has 7 heteroatoms. The molecule has 0 saturated carbocycles. The number of nitrogens with zero attached hydrogens (tertiary/aromatic N) is 1. The number of anilines is 1. The first kappa shape index (κ1) is 20.4. The molecule has 0 amide bonds. The summed E-state index contributed by atoms with van der Waals surface area (Å²) in [6.07, 6.45) is 0. The number of fused-ring (bicyclic) bond motifs is 1. The van der Waals surface area contributed by atoms with Crippen LogP contribution in [-0.4, -0.2) is 9.19 Å². The number of pyridine rings is 1. The molecule has 0 radical (unpaired) electrons. The molecule has 154 valence electrons. The average molecular weight is 481 g/mol. The van der Waals surface area contributed by atoms with E-state index in [9.17, 15) is 4.21 Å². The number of nitrogen functional groups attached to an aromatic ring is 1. The third-order valence-corrected chi connectivity index (χ3v) is 9.02. The molecule has 0 aliphatic carbocycles. The van der Waals surface area contributed by atoms with Crippen molar-refractivity contribution >= 4 is 61.0 Å². The lowest BCUT2D eigenvalue weighted by molar-refractivity contribution is 0.684. The van der Waals surface area contributed by atoms with Gasteiger partial charge in [-0.2, -0.15) is 0 Å². The first-order valence-electron chi connectivity index (χ1n) is 9.55. The van der Waals surface area contributed by atoms with Gasteiger partial charge < -0.3 is 5.73 Å². The molecular formula is C24H17ClN2OS3. The Hall–Kier alpha value is -2.51. The molecule has 3 heterocycles. The second-order valence-corrected chi connectivity index (χ2v) is 11.0. The van der Waals surface area contributed by atoms with Gasteiger partial charge in [-0.25, -0.2) is 4.98 Å². The van der Waals surface area contributed by atoms with Crippen molar-refractivity contribution in [3.05, 3.63) is 88.8 Å². The number of benzene rings is 2. The summed E-state index contributed by atoms with van der Waals surface area (Å²) in [4.78, 5) is 6.78. The molecule has 0 aliphatic heterocycles. The van der Waals surface area contributed by atoms with Gasteiger partial charge in [0.25, 0.3) is 0 Å². The van der Waals surface area contributed by atoms with E-state index >= 15 is 0 Å². The maximum atomic E-state index is 13.2. The summed E-state index contributed by atoms with van der Waals surface area (Å²) >= 11 is 9.04. The molecule has 0 fully saturated rings. The summed E-state index contributed by atoms with van der Waals surface area (Å²) in [5.74, 6) is 0.382. The molecule has 3 aromatic heterocycles. The Morgan fingerprint density at radius 3 is 2.48 bits per heavy atom. The fraction of sp³-hybridized carbons (Fsp3) is 0.0417. The molecule has 5 rings (SSSR count). The predicted molar refractivity (Wildman–Crippen MR) is 134 cm³/mol. The summed E-state index contributed by atoms with van der Waals surface area (Å²) < 4.78 is 13.9. The lowest BCUT2D eigenvalue weighted by Crippen LogP contribution is -1.98. The van der Waals surface area contributed by atoms with Gasteiger partial charge in [0.1, 0.15) is 9.04 Å². The molecule has 0 saturated heterocycles. The van der Waals surface area contributed by atoms with E-state index in [4.69, 9.17) is 22.3 Å². The topological polar surface area (TPSA) is 56.0 Å². The van der Waals surface area contributed by atoms with Crippen LogP contribution in [0.3, 0.4) is 0 Å². The molecule has 0 aliphatic rings. The minimum Gasteiger partial charge on any atom is -0.396 e. The SMILES string of the molecule is Nc1c([S@@](=O)Cc2ccc(Cl)cc2)sc2nc(-c3cccs3)cc(-c3ccccc3)c12. The van der Waals surface area contributed by atoms with E-state index in [0.29, 0.717) is 20.7 Å². The molecule has 3 nitrogen and oxygen atoms in total. The Morgan fingerprint density at radius 1 is 1.00 bits per heavy atom. The van der Waals surface area contributed by atoms with Gasteiger partial charge >= 0.3 is 0 Å². The summed E-state index contributed by atoms with van der Waals surface area (Å²) in [6, 6.07) is 23.7. The van der Waals surface area contributed by atoms with Gasteiger partial charge in [-0.3, -0.25) is 4.21 Å². The highest BCUT2D eigenvalue weighted by molar-refractivity contribution is 7.87. The van der Waals surface area contributed by atoms with Crippen molar-refractivity contribution in [1.82, 2.24) is 4.98 Å². The van der Waals surface area contributed by atoms with Crippen LogP contribution in [0.2, 0.25) is 5.02 Å². The molecule has 2 aromatic carbocycles. The van der Waals surface area contributed by atoms with Gasteiger partial charge in [0, 0.05) is 10.4 Å². The van der Waals surface area contributed by atoms with Crippen LogP contribution in [0.15, 0.2) is 82.4 Å². The van der Waals surface area contributed by atoms with Crippen molar-refractivity contribution in [2.75, 3.05) is 5.73 Å². The van der Waals surface area contributed by atoms with Crippen LogP contribution >= 0.6 is 34.3 Å². The molecule has 0 bridgehead atoms. The van der Waals surface area contributed by atoms with Gasteiger partial charge in [-0.15, -0.1) is 22.7 Å². The number of aromatic nitrogens is 1. The van der Waals surface area contributed by atoms with Gasteiger partial charge in [0.2, 0.25) is 0 Å². The zero-order valence-electron chi connectivity index (χ0n) is 16.2. The molecular weight excluding hydrogens is 464 g/mol. The standard InChI is InChI=1S/C24H17ClN2OS3/c25-17-10-8-15(9-11-17)14-31(28)24-22(26)21-18(16-5-2-1-3-6-16)13-19(27-23(21)30-24)20-7-4-12-29-20/h1-13H,14,26H2/t31-/m0/s1. The minimum absolute atomic E-state index is 0.382. The monoisotopic (exact) mass is 480 g/mol. The van der Waals surface area contributed by atoms with Gasteiger partial charge in [-0.05, 0) is 46.3 Å². The summed E-state index contributed by atoms with van der Waals surface area (Å²) in [6.45, 7) is 0. The van der Waals surface area contributed by atoms with Crippen LogP contribution in [0.1, 0.15) is 5.56 Å². The maximum Gasteiger partial charge on any atom is 0.127 e. The quantitative estimate of drug-likeness (QED) is 0.288. The summed E-state index contributed by atoms with van der Waals surface area (Å²) in [7, 11) is -1.28. The van der Waals surface area contributed by atoms with Crippen LogP contribution in [0.4, 0.5) is 5.69 Å². The lowest BCUT2D eigenvalue weighted by Gasteiger charge is -2.08. The van der Waals surface area contributed by atoms with Crippen LogP contribution < -0.4 is 5.73 Å². The van der Waals surface area contributed by atoms with E-state index in [1.54, 1.807) is 11.3 Å². The Labute approximate surface area is 195 Å². The Bertz CT molecular complexity index is 1380. The molecule has 5 aromatic rings. The molecule has 0 unspecified atom stereocenters. The predicted octanol–water partition coefficient (Wildman–Crippen LogP) is 7.24. The Morgan fingerprint density at radius 2 is 1.77 bits per heavy atom. The van der Waals surface area contributed by atoms with Crippen molar-refractivity contribution in [3.63, 3.8) is 0 Å². The Balaban J connectivity index is 1.65. The zero-order chi connectivity index (χ0) is 21.4. The number of thiophene rings is 2. The second-order valence-electron chi connectivity index (χ2n) is 7.00. The molecule has 1 atom stereocenters. The van der Waals surface area contributed by atoms with Crippen LogP contribution in [0.25, 0.3) is 31.9 Å². The number of hydrogen-bond acceptors (Lipinski definition) is 5. The van der Waals surface area contributed by atoms with E-state index in [2.05, 4.69) is 24.3 Å². The first-order chi connectivity index (χ1) is 15.1. The van der Waals surface area contributed by atoms with E-state index in [0.717, 1.165) is 37.5 Å². The highest BCUT2D eigenvalue weighted by atomic mass is 35.5. The second kappa shape index (κ2) is 8.55. The fourth-order valence-corrected chi connectivity index (χ4v) is 6.89.